The van der Waals surface area contributed by atoms with Gasteiger partial charge in [-0.2, -0.15) is 0 Å². The first-order chi connectivity index (χ1) is 12.0. The maximum atomic E-state index is 12.3. The minimum absolute atomic E-state index is 0.258. The second-order valence-electron chi connectivity index (χ2n) is 5.25. The number of aromatic nitrogens is 1. The zero-order chi connectivity index (χ0) is 17.8. The summed E-state index contributed by atoms with van der Waals surface area (Å²) in [6, 6.07) is 11.8. The Balaban J connectivity index is 1.62. The molecule has 128 valence electrons. The average molecular weight is 393 g/mol. The van der Waals surface area contributed by atoms with Gasteiger partial charge >= 0.3 is 0 Å². The number of nitrogens with zero attached hydrogens (tertiary/aromatic N) is 1. The summed E-state index contributed by atoms with van der Waals surface area (Å²) >= 11 is 13.5. The van der Waals surface area contributed by atoms with Crippen molar-refractivity contribution in [3.05, 3.63) is 74.2 Å². The zero-order valence-corrected chi connectivity index (χ0v) is 15.6. The third-order valence-corrected chi connectivity index (χ3v) is 4.72. The summed E-state index contributed by atoms with van der Waals surface area (Å²) in [5.41, 5.74) is 1.90. The highest BCUT2D eigenvalue weighted by Gasteiger charge is 2.09. The van der Waals surface area contributed by atoms with Gasteiger partial charge in [0.2, 0.25) is 0 Å². The quantitative estimate of drug-likeness (QED) is 0.615. The van der Waals surface area contributed by atoms with Crippen LogP contribution in [0.2, 0.25) is 10.0 Å². The van der Waals surface area contributed by atoms with Gasteiger partial charge in [-0.25, -0.2) is 4.98 Å². The molecule has 0 aliphatic carbocycles. The smallest absolute Gasteiger partial charge is 0.255 e. The van der Waals surface area contributed by atoms with Crippen LogP contribution in [-0.2, 0) is 6.61 Å². The van der Waals surface area contributed by atoms with Crippen molar-refractivity contribution in [3.8, 4) is 5.75 Å². The third kappa shape index (κ3) is 4.72. The van der Waals surface area contributed by atoms with Crippen molar-refractivity contribution in [3.63, 3.8) is 0 Å². The molecule has 4 nitrogen and oxygen atoms in total. The Morgan fingerprint density at radius 2 is 1.96 bits per heavy atom. The fraction of sp³-hybridized carbons (Fsp3) is 0.111. The number of aryl methyl sites for hydroxylation is 1. The minimum Gasteiger partial charge on any atom is -0.487 e. The molecule has 2 aromatic carbocycles. The SMILES string of the molecule is Cc1nc(COc2ccc(C(=O)Nc3ccc(Cl)cc3Cl)cc2)cs1. The first-order valence-electron chi connectivity index (χ1n) is 7.41. The number of rotatable bonds is 5. The molecule has 1 N–H and O–H groups in total. The Morgan fingerprint density at radius 1 is 1.20 bits per heavy atom. The molecule has 1 aromatic heterocycles. The largest absolute Gasteiger partial charge is 0.487 e. The third-order valence-electron chi connectivity index (χ3n) is 3.35. The molecule has 0 saturated heterocycles. The van der Waals surface area contributed by atoms with Crippen molar-refractivity contribution in [2.24, 2.45) is 0 Å². The Hall–Kier alpha value is -2.08. The number of halogens is 2. The minimum atomic E-state index is -0.258. The molecule has 0 fully saturated rings. The van der Waals surface area contributed by atoms with Crippen LogP contribution in [0.4, 0.5) is 5.69 Å². The van der Waals surface area contributed by atoms with E-state index in [1.807, 2.05) is 12.3 Å². The number of amides is 1. The molecular weight excluding hydrogens is 379 g/mol. The van der Waals surface area contributed by atoms with Gasteiger partial charge in [-0.15, -0.1) is 11.3 Å². The monoisotopic (exact) mass is 392 g/mol. The Kier molecular flexibility index (Phi) is 5.58. The normalized spacial score (nSPS) is 10.5. The molecule has 1 amide bonds. The summed E-state index contributed by atoms with van der Waals surface area (Å²) in [6.45, 7) is 2.35. The first-order valence-corrected chi connectivity index (χ1v) is 9.05. The van der Waals surface area contributed by atoms with Crippen LogP contribution in [0.25, 0.3) is 0 Å². The van der Waals surface area contributed by atoms with Crippen LogP contribution < -0.4 is 10.1 Å². The number of ether oxygens (including phenoxy) is 1. The van der Waals surface area contributed by atoms with Gasteiger partial charge in [-0.3, -0.25) is 4.79 Å². The number of nitrogens with one attached hydrogen (secondary N) is 1. The van der Waals surface area contributed by atoms with Crippen molar-refractivity contribution < 1.29 is 9.53 Å². The van der Waals surface area contributed by atoms with Gasteiger partial charge in [0.25, 0.3) is 5.91 Å². The molecule has 25 heavy (non-hydrogen) atoms. The van der Waals surface area contributed by atoms with E-state index in [1.54, 1.807) is 53.8 Å². The molecule has 0 spiro atoms. The van der Waals surface area contributed by atoms with Crippen molar-refractivity contribution in [1.82, 2.24) is 4.98 Å². The number of benzene rings is 2. The van der Waals surface area contributed by atoms with Gasteiger partial charge in [-0.05, 0) is 49.4 Å². The molecule has 0 saturated carbocycles. The fourth-order valence-corrected chi connectivity index (χ4v) is 3.17. The van der Waals surface area contributed by atoms with Crippen molar-refractivity contribution >= 4 is 46.1 Å². The highest BCUT2D eigenvalue weighted by Crippen LogP contribution is 2.26. The lowest BCUT2D eigenvalue weighted by Gasteiger charge is -2.09. The Bertz CT molecular complexity index is 894. The lowest BCUT2D eigenvalue weighted by molar-refractivity contribution is 0.102. The molecule has 0 aliphatic rings. The number of hydrogen-bond donors (Lipinski definition) is 1. The van der Waals surface area contributed by atoms with E-state index in [0.717, 1.165) is 10.7 Å². The Labute approximate surface area is 159 Å². The summed E-state index contributed by atoms with van der Waals surface area (Å²) in [6.07, 6.45) is 0. The topological polar surface area (TPSA) is 51.2 Å². The van der Waals surface area contributed by atoms with Gasteiger partial charge < -0.3 is 10.1 Å². The maximum absolute atomic E-state index is 12.3. The molecule has 3 rings (SSSR count). The molecule has 0 bridgehead atoms. The average Bonchev–Trinajstić information content (AvgIpc) is 3.01. The van der Waals surface area contributed by atoms with Crippen LogP contribution in [0.3, 0.4) is 0 Å². The molecular formula is C18H14Cl2N2O2S. The number of carbonyl (C=O) groups excluding carboxylic acids is 1. The Morgan fingerprint density at radius 3 is 2.60 bits per heavy atom. The second-order valence-corrected chi connectivity index (χ2v) is 7.16. The van der Waals surface area contributed by atoms with E-state index in [4.69, 9.17) is 27.9 Å². The number of thiazole rings is 1. The van der Waals surface area contributed by atoms with E-state index in [1.165, 1.54) is 0 Å². The van der Waals surface area contributed by atoms with Gasteiger partial charge in [-0.1, -0.05) is 23.2 Å². The number of carbonyl (C=O) groups is 1. The van der Waals surface area contributed by atoms with Crippen LogP contribution in [-0.4, -0.2) is 10.9 Å². The lowest BCUT2D eigenvalue weighted by Crippen LogP contribution is -2.12. The van der Waals surface area contributed by atoms with Crippen LogP contribution in [0, 0.1) is 6.92 Å². The van der Waals surface area contributed by atoms with E-state index < -0.39 is 0 Å². The highest BCUT2D eigenvalue weighted by molar-refractivity contribution is 7.09. The summed E-state index contributed by atoms with van der Waals surface area (Å²) in [4.78, 5) is 16.6. The number of hydrogen-bond acceptors (Lipinski definition) is 4. The molecule has 0 unspecified atom stereocenters. The molecule has 0 radical (unpaired) electrons. The van der Waals surface area contributed by atoms with Crippen LogP contribution in [0.1, 0.15) is 21.1 Å². The molecule has 7 heteroatoms. The molecule has 0 atom stereocenters. The summed E-state index contributed by atoms with van der Waals surface area (Å²) in [5.74, 6) is 0.414. The van der Waals surface area contributed by atoms with Gasteiger partial charge in [0.05, 0.1) is 21.4 Å². The first kappa shape index (κ1) is 17.7. The van der Waals surface area contributed by atoms with Crippen LogP contribution >= 0.6 is 34.5 Å². The van der Waals surface area contributed by atoms with Crippen molar-refractivity contribution in [1.29, 1.82) is 0 Å². The van der Waals surface area contributed by atoms with E-state index in [9.17, 15) is 4.79 Å². The number of anilines is 1. The summed E-state index contributed by atoms with van der Waals surface area (Å²) in [7, 11) is 0. The van der Waals surface area contributed by atoms with E-state index in [-0.39, 0.29) is 5.91 Å². The van der Waals surface area contributed by atoms with Crippen molar-refractivity contribution in [2.75, 3.05) is 5.32 Å². The maximum Gasteiger partial charge on any atom is 0.255 e. The zero-order valence-electron chi connectivity index (χ0n) is 13.3. The van der Waals surface area contributed by atoms with E-state index in [0.29, 0.717) is 33.7 Å². The van der Waals surface area contributed by atoms with E-state index in [2.05, 4.69) is 10.3 Å². The molecule has 1 heterocycles. The van der Waals surface area contributed by atoms with Crippen LogP contribution in [0.5, 0.6) is 5.75 Å². The molecule has 0 aliphatic heterocycles. The summed E-state index contributed by atoms with van der Waals surface area (Å²) < 4.78 is 5.67. The predicted octanol–water partition coefficient (Wildman–Crippen LogP) is 5.59. The standard InChI is InChI=1S/C18H14Cl2N2O2S/c1-11-21-14(10-25-11)9-24-15-5-2-12(3-6-15)18(23)22-17-7-4-13(19)8-16(17)20/h2-8,10H,9H2,1H3,(H,22,23). The fourth-order valence-electron chi connectivity index (χ4n) is 2.12. The summed E-state index contributed by atoms with van der Waals surface area (Å²) in [5, 5.41) is 6.63. The lowest BCUT2D eigenvalue weighted by atomic mass is 10.2. The highest BCUT2D eigenvalue weighted by atomic mass is 35.5. The van der Waals surface area contributed by atoms with Crippen LogP contribution in [0.15, 0.2) is 47.8 Å². The van der Waals surface area contributed by atoms with Gasteiger partial charge in [0, 0.05) is 16.0 Å². The predicted molar refractivity (Wildman–Crippen MR) is 102 cm³/mol. The van der Waals surface area contributed by atoms with E-state index >= 15 is 0 Å². The van der Waals surface area contributed by atoms with Gasteiger partial charge in [0.15, 0.2) is 0 Å². The van der Waals surface area contributed by atoms with Gasteiger partial charge in [0.1, 0.15) is 12.4 Å². The molecule has 3 aromatic rings. The van der Waals surface area contributed by atoms with Crippen molar-refractivity contribution in [2.45, 2.75) is 13.5 Å². The second kappa shape index (κ2) is 7.87.